The highest BCUT2D eigenvalue weighted by molar-refractivity contribution is 8.14. The summed E-state index contributed by atoms with van der Waals surface area (Å²) < 4.78 is 40.5. The SMILES string of the molecule is CC(=O)N1CCSC1=NC(Cc1cc(C)cc(C)c1)c1cccc(C(F)(F)F)c1C. The molecular formula is C23H25F3N2OS. The summed E-state index contributed by atoms with van der Waals surface area (Å²) >= 11 is 1.47. The van der Waals surface area contributed by atoms with Crippen molar-refractivity contribution in [3.05, 3.63) is 69.8 Å². The van der Waals surface area contributed by atoms with Crippen molar-refractivity contribution < 1.29 is 18.0 Å². The van der Waals surface area contributed by atoms with E-state index >= 15 is 0 Å². The van der Waals surface area contributed by atoms with Gasteiger partial charge in [-0.2, -0.15) is 13.2 Å². The maximum atomic E-state index is 13.5. The highest BCUT2D eigenvalue weighted by Gasteiger charge is 2.34. The number of amidine groups is 1. The summed E-state index contributed by atoms with van der Waals surface area (Å²) in [6, 6.07) is 9.86. The Labute approximate surface area is 179 Å². The minimum absolute atomic E-state index is 0.107. The van der Waals surface area contributed by atoms with Crippen molar-refractivity contribution in [1.29, 1.82) is 0 Å². The number of benzene rings is 2. The largest absolute Gasteiger partial charge is 0.416 e. The van der Waals surface area contributed by atoms with Crippen LogP contribution in [0.4, 0.5) is 13.2 Å². The van der Waals surface area contributed by atoms with Gasteiger partial charge in [-0.15, -0.1) is 0 Å². The summed E-state index contributed by atoms with van der Waals surface area (Å²) in [5.74, 6) is 0.626. The lowest BCUT2D eigenvalue weighted by Gasteiger charge is -2.22. The average Bonchev–Trinajstić information content (AvgIpc) is 3.08. The van der Waals surface area contributed by atoms with Crippen molar-refractivity contribution in [2.45, 2.75) is 46.3 Å². The average molecular weight is 435 g/mol. The number of thioether (sulfide) groups is 1. The molecule has 1 saturated heterocycles. The van der Waals surface area contributed by atoms with Gasteiger partial charge < -0.3 is 0 Å². The van der Waals surface area contributed by atoms with Crippen LogP contribution in [0.5, 0.6) is 0 Å². The molecule has 7 heteroatoms. The van der Waals surface area contributed by atoms with Crippen molar-refractivity contribution in [1.82, 2.24) is 4.90 Å². The molecule has 0 N–H and O–H groups in total. The zero-order valence-electron chi connectivity index (χ0n) is 17.5. The topological polar surface area (TPSA) is 32.7 Å². The molecule has 1 atom stereocenters. The zero-order valence-corrected chi connectivity index (χ0v) is 18.3. The summed E-state index contributed by atoms with van der Waals surface area (Å²) in [5.41, 5.74) is 3.27. The summed E-state index contributed by atoms with van der Waals surface area (Å²) in [6.45, 7) is 7.54. The molecule has 160 valence electrons. The first-order valence-electron chi connectivity index (χ1n) is 9.79. The maximum Gasteiger partial charge on any atom is 0.416 e. The van der Waals surface area contributed by atoms with Crippen molar-refractivity contribution in [2.24, 2.45) is 4.99 Å². The van der Waals surface area contributed by atoms with Crippen LogP contribution in [0.25, 0.3) is 0 Å². The number of carbonyl (C=O) groups is 1. The van der Waals surface area contributed by atoms with Gasteiger partial charge in [0, 0.05) is 19.2 Å². The second-order valence-corrected chi connectivity index (χ2v) is 8.73. The van der Waals surface area contributed by atoms with Gasteiger partial charge in [-0.25, -0.2) is 0 Å². The Morgan fingerprint density at radius 1 is 1.17 bits per heavy atom. The Morgan fingerprint density at radius 2 is 1.83 bits per heavy atom. The molecule has 0 radical (unpaired) electrons. The summed E-state index contributed by atoms with van der Waals surface area (Å²) in [4.78, 5) is 18.4. The molecule has 1 heterocycles. The Kier molecular flexibility index (Phi) is 6.60. The fraction of sp³-hybridized carbons (Fsp3) is 0.391. The van der Waals surface area contributed by atoms with Crippen LogP contribution in [-0.4, -0.2) is 28.3 Å². The molecule has 2 aromatic carbocycles. The third kappa shape index (κ3) is 5.06. The van der Waals surface area contributed by atoms with Crippen molar-refractivity contribution in [3.63, 3.8) is 0 Å². The molecule has 0 bridgehead atoms. The van der Waals surface area contributed by atoms with E-state index in [1.807, 2.05) is 26.0 Å². The van der Waals surface area contributed by atoms with E-state index in [1.54, 1.807) is 11.0 Å². The van der Waals surface area contributed by atoms with Gasteiger partial charge in [0.25, 0.3) is 0 Å². The second-order valence-electron chi connectivity index (χ2n) is 7.66. The summed E-state index contributed by atoms with van der Waals surface area (Å²) in [5, 5.41) is 0.577. The minimum atomic E-state index is -4.43. The van der Waals surface area contributed by atoms with Gasteiger partial charge in [-0.05, 0) is 49.9 Å². The molecule has 0 saturated carbocycles. The fourth-order valence-electron chi connectivity index (χ4n) is 3.89. The molecule has 0 aromatic heterocycles. The first-order chi connectivity index (χ1) is 14.1. The lowest BCUT2D eigenvalue weighted by Crippen LogP contribution is -2.29. The summed E-state index contributed by atoms with van der Waals surface area (Å²) in [7, 11) is 0. The molecular weight excluding hydrogens is 409 g/mol. The van der Waals surface area contributed by atoms with Gasteiger partial charge in [0.05, 0.1) is 11.6 Å². The van der Waals surface area contributed by atoms with Crippen molar-refractivity contribution in [2.75, 3.05) is 12.3 Å². The highest BCUT2D eigenvalue weighted by Crippen LogP contribution is 2.37. The van der Waals surface area contributed by atoms with E-state index < -0.39 is 17.8 Å². The first kappa shape index (κ1) is 22.4. The fourth-order valence-corrected chi connectivity index (χ4v) is 4.92. The van der Waals surface area contributed by atoms with E-state index in [0.29, 0.717) is 23.7 Å². The van der Waals surface area contributed by atoms with E-state index in [0.717, 1.165) is 28.5 Å². The van der Waals surface area contributed by atoms with Crippen LogP contribution in [0.15, 0.2) is 41.4 Å². The van der Waals surface area contributed by atoms with E-state index in [1.165, 1.54) is 31.7 Å². The number of nitrogens with zero attached hydrogens (tertiary/aromatic N) is 2. The third-order valence-electron chi connectivity index (χ3n) is 5.17. The number of alkyl halides is 3. The normalized spacial score (nSPS) is 16.9. The molecule has 0 aliphatic carbocycles. The molecule has 3 nitrogen and oxygen atoms in total. The van der Waals surface area contributed by atoms with Gasteiger partial charge in [-0.3, -0.25) is 14.7 Å². The van der Waals surface area contributed by atoms with E-state index in [-0.39, 0.29) is 11.5 Å². The van der Waals surface area contributed by atoms with Crippen molar-refractivity contribution >= 4 is 22.8 Å². The van der Waals surface area contributed by atoms with Crippen LogP contribution in [0.2, 0.25) is 0 Å². The molecule has 0 spiro atoms. The van der Waals surface area contributed by atoms with Crippen LogP contribution in [0.3, 0.4) is 0 Å². The number of amides is 1. The Morgan fingerprint density at radius 3 is 2.43 bits per heavy atom. The molecule has 3 rings (SSSR count). The Hall–Kier alpha value is -2.28. The quantitative estimate of drug-likeness (QED) is 0.603. The maximum absolute atomic E-state index is 13.5. The molecule has 1 aliphatic heterocycles. The Bertz CT molecular complexity index is 965. The molecule has 1 amide bonds. The number of hydrogen-bond acceptors (Lipinski definition) is 3. The highest BCUT2D eigenvalue weighted by atomic mass is 32.2. The number of rotatable bonds is 4. The lowest BCUT2D eigenvalue weighted by molar-refractivity contribution is -0.138. The van der Waals surface area contributed by atoms with E-state index in [2.05, 4.69) is 6.07 Å². The standard InChI is InChI=1S/C23H25F3N2OS/c1-14-10-15(2)12-18(11-14)13-21(27-22-28(17(4)29)8-9-30-22)19-6-5-7-20(16(19)3)23(24,25)26/h5-7,10-12,21H,8-9,13H2,1-4H3. The van der Waals surface area contributed by atoms with Gasteiger partial charge in [0.15, 0.2) is 5.17 Å². The summed E-state index contributed by atoms with van der Waals surface area (Å²) in [6.07, 6.45) is -3.97. The van der Waals surface area contributed by atoms with Gasteiger partial charge >= 0.3 is 6.18 Å². The predicted octanol–water partition coefficient (Wildman–Crippen LogP) is 5.87. The minimum Gasteiger partial charge on any atom is -0.291 e. The molecule has 1 aliphatic rings. The monoisotopic (exact) mass is 434 g/mol. The van der Waals surface area contributed by atoms with Crippen LogP contribution in [-0.2, 0) is 17.4 Å². The van der Waals surface area contributed by atoms with Gasteiger partial charge in [0.2, 0.25) is 5.91 Å². The van der Waals surface area contributed by atoms with Gasteiger partial charge in [0.1, 0.15) is 0 Å². The second kappa shape index (κ2) is 8.84. The first-order valence-corrected chi connectivity index (χ1v) is 10.8. The molecule has 30 heavy (non-hydrogen) atoms. The van der Waals surface area contributed by atoms with Crippen LogP contribution >= 0.6 is 11.8 Å². The van der Waals surface area contributed by atoms with E-state index in [4.69, 9.17) is 4.99 Å². The lowest BCUT2D eigenvalue weighted by atomic mass is 9.92. The van der Waals surface area contributed by atoms with Crippen LogP contribution in [0, 0.1) is 20.8 Å². The van der Waals surface area contributed by atoms with Gasteiger partial charge in [-0.1, -0.05) is 53.2 Å². The predicted molar refractivity (Wildman–Crippen MR) is 116 cm³/mol. The number of halogens is 3. The number of carbonyl (C=O) groups excluding carboxylic acids is 1. The van der Waals surface area contributed by atoms with Crippen LogP contribution < -0.4 is 0 Å². The number of aliphatic imine (C=N–C) groups is 1. The third-order valence-corrected chi connectivity index (χ3v) is 6.14. The molecule has 1 fully saturated rings. The smallest absolute Gasteiger partial charge is 0.291 e. The number of hydrogen-bond donors (Lipinski definition) is 0. The van der Waals surface area contributed by atoms with E-state index in [9.17, 15) is 18.0 Å². The molecule has 2 aromatic rings. The molecule has 1 unspecified atom stereocenters. The number of aryl methyl sites for hydroxylation is 2. The van der Waals surface area contributed by atoms with Crippen molar-refractivity contribution in [3.8, 4) is 0 Å². The van der Waals surface area contributed by atoms with Crippen LogP contribution in [0.1, 0.15) is 46.3 Å². The zero-order chi connectivity index (χ0) is 22.1. The Balaban J connectivity index is 2.09.